The number of hydrogen-bond acceptors (Lipinski definition) is 4. The van der Waals surface area contributed by atoms with Gasteiger partial charge in [-0.15, -0.1) is 22.7 Å². The Kier molecular flexibility index (Phi) is 7.67. The van der Waals surface area contributed by atoms with Gasteiger partial charge < -0.3 is 0 Å². The SMILES string of the molecule is N#Cc1ccccc1-c1ccc(-c2ccccc2C#N)c(-c2cc(-c3ccc4sc5ccccc5c4c3)cc(-c3ccc4sc5ccccc5c4c3)c2)c1. The van der Waals surface area contributed by atoms with E-state index in [0.717, 1.165) is 55.6 Å². The number of benzene rings is 8. The summed E-state index contributed by atoms with van der Waals surface area (Å²) >= 11 is 3.65. The molecule has 2 nitrogen and oxygen atoms in total. The van der Waals surface area contributed by atoms with Gasteiger partial charge in [0.2, 0.25) is 0 Å². The monoisotopic (exact) mass is 720 g/mol. The fraction of sp³-hybridized carbons (Fsp3) is 0. The summed E-state index contributed by atoms with van der Waals surface area (Å²) in [5.41, 5.74) is 11.4. The number of nitrogens with zero attached hydrogens (tertiary/aromatic N) is 2. The third-order valence-electron chi connectivity index (χ3n) is 10.4. The molecule has 54 heavy (non-hydrogen) atoms. The molecule has 10 rings (SSSR count). The van der Waals surface area contributed by atoms with E-state index >= 15 is 0 Å². The molecule has 0 amide bonds. The molecule has 0 saturated heterocycles. The van der Waals surface area contributed by atoms with Crippen molar-refractivity contribution in [2.45, 2.75) is 0 Å². The molecule has 2 aromatic heterocycles. The Morgan fingerprint density at radius 2 is 0.759 bits per heavy atom. The van der Waals surface area contributed by atoms with Gasteiger partial charge in [0.15, 0.2) is 0 Å². The number of rotatable bonds is 5. The smallest absolute Gasteiger partial charge is 0.0998 e. The van der Waals surface area contributed by atoms with Crippen LogP contribution in [0.3, 0.4) is 0 Å². The van der Waals surface area contributed by atoms with Crippen LogP contribution in [0.5, 0.6) is 0 Å². The second-order valence-corrected chi connectivity index (χ2v) is 15.7. The fourth-order valence-electron chi connectivity index (χ4n) is 7.76. The Balaban J connectivity index is 1.26. The predicted molar refractivity (Wildman–Crippen MR) is 229 cm³/mol. The van der Waals surface area contributed by atoms with Gasteiger partial charge in [-0.25, -0.2) is 0 Å². The topological polar surface area (TPSA) is 47.6 Å². The average Bonchev–Trinajstić information content (AvgIpc) is 3.81. The Labute approximate surface area is 320 Å². The van der Waals surface area contributed by atoms with Crippen molar-refractivity contribution >= 4 is 63.0 Å². The maximum atomic E-state index is 10.2. The minimum atomic E-state index is 0.616. The minimum Gasteiger partial charge on any atom is -0.192 e. The van der Waals surface area contributed by atoms with Crippen LogP contribution in [-0.2, 0) is 0 Å². The van der Waals surface area contributed by atoms with E-state index < -0.39 is 0 Å². The van der Waals surface area contributed by atoms with E-state index in [1.807, 2.05) is 71.2 Å². The van der Waals surface area contributed by atoms with Crippen molar-refractivity contribution in [3.8, 4) is 67.8 Å². The highest BCUT2D eigenvalue weighted by Gasteiger charge is 2.18. The van der Waals surface area contributed by atoms with Crippen LogP contribution < -0.4 is 0 Å². The number of fused-ring (bicyclic) bond motifs is 6. The van der Waals surface area contributed by atoms with Crippen LogP contribution in [0.25, 0.3) is 96.0 Å². The van der Waals surface area contributed by atoms with Gasteiger partial charge in [-0.05, 0) is 123 Å². The summed E-state index contributed by atoms with van der Waals surface area (Å²) in [6, 6.07) is 64.5. The van der Waals surface area contributed by atoms with Crippen LogP contribution in [0.4, 0.5) is 0 Å². The Hall–Kier alpha value is -6.82. The van der Waals surface area contributed by atoms with Crippen molar-refractivity contribution in [2.75, 3.05) is 0 Å². The summed E-state index contributed by atoms with van der Waals surface area (Å²) in [4.78, 5) is 0. The first-order chi connectivity index (χ1) is 26.6. The molecule has 0 unspecified atom stereocenters. The Morgan fingerprint density at radius 1 is 0.296 bits per heavy atom. The van der Waals surface area contributed by atoms with Crippen molar-refractivity contribution in [3.63, 3.8) is 0 Å². The molecule has 0 atom stereocenters. The lowest BCUT2D eigenvalue weighted by atomic mass is 9.86. The molecule has 250 valence electrons. The highest BCUT2D eigenvalue weighted by Crippen LogP contribution is 2.43. The van der Waals surface area contributed by atoms with E-state index in [1.165, 1.54) is 40.3 Å². The standard InChI is InChI=1S/C50H28N2S2/c51-29-34-9-1-3-11-39(34)33-17-20-41(40-12-4-2-10-35(40)30-52)44(28-33)38-24-36(31-18-21-49-45(26-31)42-13-5-7-15-47(42)53-49)23-37(25-38)32-19-22-50-46(27-32)43-14-6-8-16-48(43)54-50/h1-28H. The van der Waals surface area contributed by atoms with Gasteiger partial charge in [-0.1, -0.05) is 97.1 Å². The average molecular weight is 721 g/mol. The first kappa shape index (κ1) is 31.9. The van der Waals surface area contributed by atoms with Gasteiger partial charge in [0, 0.05) is 45.9 Å². The summed E-state index contributed by atoms with van der Waals surface area (Å²) in [6.07, 6.45) is 0. The van der Waals surface area contributed by atoms with Crippen molar-refractivity contribution in [3.05, 3.63) is 181 Å². The van der Waals surface area contributed by atoms with Crippen LogP contribution in [-0.4, -0.2) is 0 Å². The summed E-state index contributed by atoms with van der Waals surface area (Å²) < 4.78 is 5.10. The third-order valence-corrected chi connectivity index (χ3v) is 12.7. The summed E-state index contributed by atoms with van der Waals surface area (Å²) in [5, 5.41) is 25.3. The molecule has 0 saturated carbocycles. The molecular formula is C50H28N2S2. The number of hydrogen-bond donors (Lipinski definition) is 0. The molecule has 0 aliphatic rings. The van der Waals surface area contributed by atoms with Crippen molar-refractivity contribution < 1.29 is 0 Å². The molecule has 0 radical (unpaired) electrons. The van der Waals surface area contributed by atoms with E-state index in [9.17, 15) is 10.5 Å². The van der Waals surface area contributed by atoms with Crippen LogP contribution in [0.15, 0.2) is 170 Å². The molecular weight excluding hydrogens is 693 g/mol. The lowest BCUT2D eigenvalue weighted by molar-refractivity contribution is 1.47. The fourth-order valence-corrected chi connectivity index (χ4v) is 9.93. The minimum absolute atomic E-state index is 0.616. The zero-order valence-electron chi connectivity index (χ0n) is 28.9. The van der Waals surface area contributed by atoms with Gasteiger partial charge in [0.25, 0.3) is 0 Å². The van der Waals surface area contributed by atoms with Crippen molar-refractivity contribution in [1.82, 2.24) is 0 Å². The molecule has 2 heterocycles. The number of nitriles is 2. The van der Waals surface area contributed by atoms with E-state index in [2.05, 4.69) is 133 Å². The number of thiophene rings is 2. The van der Waals surface area contributed by atoms with E-state index in [0.29, 0.717) is 11.1 Å². The molecule has 4 heteroatoms. The highest BCUT2D eigenvalue weighted by atomic mass is 32.1. The zero-order valence-corrected chi connectivity index (χ0v) is 30.5. The van der Waals surface area contributed by atoms with Crippen molar-refractivity contribution in [1.29, 1.82) is 10.5 Å². The van der Waals surface area contributed by atoms with Crippen LogP contribution in [0, 0.1) is 22.7 Å². The first-order valence-corrected chi connectivity index (χ1v) is 19.4. The summed E-state index contributed by atoms with van der Waals surface area (Å²) in [7, 11) is 0. The molecule has 10 aromatic rings. The first-order valence-electron chi connectivity index (χ1n) is 17.8. The van der Waals surface area contributed by atoms with Gasteiger partial charge in [0.05, 0.1) is 23.3 Å². The van der Waals surface area contributed by atoms with Crippen LogP contribution in [0.2, 0.25) is 0 Å². The largest absolute Gasteiger partial charge is 0.192 e. The Morgan fingerprint density at radius 3 is 1.35 bits per heavy atom. The van der Waals surface area contributed by atoms with Gasteiger partial charge in [0.1, 0.15) is 0 Å². The van der Waals surface area contributed by atoms with Gasteiger partial charge in [-0.2, -0.15) is 10.5 Å². The van der Waals surface area contributed by atoms with Gasteiger partial charge in [-0.3, -0.25) is 0 Å². The summed E-state index contributed by atoms with van der Waals surface area (Å²) in [5.74, 6) is 0. The molecule has 0 fully saturated rings. The van der Waals surface area contributed by atoms with E-state index in [-0.39, 0.29) is 0 Å². The summed E-state index contributed by atoms with van der Waals surface area (Å²) in [6.45, 7) is 0. The third kappa shape index (κ3) is 5.37. The lowest BCUT2D eigenvalue weighted by Crippen LogP contribution is -1.93. The quantitative estimate of drug-likeness (QED) is 0.178. The lowest BCUT2D eigenvalue weighted by Gasteiger charge is -2.17. The predicted octanol–water partition coefficient (Wildman–Crippen LogP) is 14.5. The van der Waals surface area contributed by atoms with Crippen molar-refractivity contribution in [2.24, 2.45) is 0 Å². The normalized spacial score (nSPS) is 11.3. The second-order valence-electron chi connectivity index (χ2n) is 13.5. The molecule has 8 aromatic carbocycles. The molecule has 0 aliphatic carbocycles. The molecule has 0 spiro atoms. The maximum absolute atomic E-state index is 10.2. The maximum Gasteiger partial charge on any atom is 0.0998 e. The van der Waals surface area contributed by atoms with E-state index in [4.69, 9.17) is 0 Å². The second kappa shape index (κ2) is 13.0. The van der Waals surface area contributed by atoms with Gasteiger partial charge >= 0.3 is 0 Å². The Bertz CT molecular complexity index is 3070. The highest BCUT2D eigenvalue weighted by molar-refractivity contribution is 7.26. The molecule has 0 bridgehead atoms. The molecule has 0 aliphatic heterocycles. The molecule has 0 N–H and O–H groups in total. The van der Waals surface area contributed by atoms with E-state index in [1.54, 1.807) is 0 Å². The van der Waals surface area contributed by atoms with Crippen LogP contribution >= 0.6 is 22.7 Å². The zero-order chi connectivity index (χ0) is 36.2. The van der Waals surface area contributed by atoms with Crippen LogP contribution in [0.1, 0.15) is 11.1 Å².